The van der Waals surface area contributed by atoms with Crippen LogP contribution in [-0.2, 0) is 10.0 Å². The zero-order chi connectivity index (χ0) is 14.0. The number of hydrogen-bond acceptors (Lipinski definition) is 5. The molecule has 100 valence electrons. The molecule has 0 unspecified atom stereocenters. The molecule has 0 spiro atoms. The van der Waals surface area contributed by atoms with E-state index < -0.39 is 10.0 Å². The van der Waals surface area contributed by atoms with Crippen molar-refractivity contribution in [2.75, 3.05) is 10.5 Å². The third kappa shape index (κ3) is 2.74. The molecular weight excluding hydrogens is 268 g/mol. The van der Waals surface area contributed by atoms with E-state index in [9.17, 15) is 13.2 Å². The number of nitrogens with one attached hydrogen (secondary N) is 2. The van der Waals surface area contributed by atoms with E-state index in [1.165, 1.54) is 19.1 Å². The third-order valence-electron chi connectivity index (χ3n) is 2.47. The van der Waals surface area contributed by atoms with Crippen LogP contribution in [0.4, 0.5) is 11.5 Å². The van der Waals surface area contributed by atoms with Gasteiger partial charge in [0.15, 0.2) is 5.78 Å². The Morgan fingerprint density at radius 2 is 1.95 bits per heavy atom. The predicted molar refractivity (Wildman–Crippen MR) is 70.3 cm³/mol. The highest BCUT2D eigenvalue weighted by molar-refractivity contribution is 7.92. The second kappa shape index (κ2) is 4.73. The summed E-state index contributed by atoms with van der Waals surface area (Å²) in [5, 5.41) is 5.90. The van der Waals surface area contributed by atoms with Gasteiger partial charge in [-0.3, -0.25) is 14.6 Å². The summed E-state index contributed by atoms with van der Waals surface area (Å²) in [5.74, 6) is -0.124. The van der Waals surface area contributed by atoms with Gasteiger partial charge in [-0.25, -0.2) is 8.42 Å². The van der Waals surface area contributed by atoms with E-state index in [2.05, 4.69) is 14.9 Å². The zero-order valence-corrected chi connectivity index (χ0v) is 10.9. The molecule has 1 aromatic carbocycles. The number of aromatic amines is 1. The Kier molecular flexibility index (Phi) is 3.26. The molecule has 0 bridgehead atoms. The fraction of sp³-hybridized carbons (Fsp3) is 0.0909. The van der Waals surface area contributed by atoms with Gasteiger partial charge in [0, 0.05) is 11.3 Å². The van der Waals surface area contributed by atoms with Crippen molar-refractivity contribution >= 4 is 27.3 Å². The molecule has 0 saturated carbocycles. The van der Waals surface area contributed by atoms with Gasteiger partial charge in [0.05, 0.1) is 6.20 Å². The van der Waals surface area contributed by atoms with Crippen LogP contribution in [0.5, 0.6) is 0 Å². The maximum atomic E-state index is 12.0. The number of ketones is 1. The van der Waals surface area contributed by atoms with Gasteiger partial charge in [0.25, 0.3) is 10.0 Å². The largest absolute Gasteiger partial charge is 0.383 e. The van der Waals surface area contributed by atoms with E-state index in [0.717, 1.165) is 6.20 Å². The molecule has 8 heteroatoms. The van der Waals surface area contributed by atoms with Crippen molar-refractivity contribution < 1.29 is 13.2 Å². The van der Waals surface area contributed by atoms with Crippen molar-refractivity contribution in [2.24, 2.45) is 0 Å². The molecule has 7 nitrogen and oxygen atoms in total. The van der Waals surface area contributed by atoms with Gasteiger partial charge in [0.1, 0.15) is 10.7 Å². The van der Waals surface area contributed by atoms with Crippen molar-refractivity contribution in [3.63, 3.8) is 0 Å². The zero-order valence-electron chi connectivity index (χ0n) is 10.0. The molecule has 0 amide bonds. The van der Waals surface area contributed by atoms with Crippen molar-refractivity contribution in [1.29, 1.82) is 0 Å². The predicted octanol–water partition coefficient (Wildman–Crippen LogP) is 0.995. The highest BCUT2D eigenvalue weighted by Crippen LogP contribution is 2.19. The van der Waals surface area contributed by atoms with Crippen LogP contribution in [0, 0.1) is 0 Å². The monoisotopic (exact) mass is 280 g/mol. The average molecular weight is 280 g/mol. The summed E-state index contributed by atoms with van der Waals surface area (Å²) in [4.78, 5) is 11.0. The lowest BCUT2D eigenvalue weighted by atomic mass is 10.1. The SMILES string of the molecule is CC(=O)c1ccc(NS(=O)(=O)c2cn[nH]c2N)cc1. The standard InChI is InChI=1S/C11H12N4O3S/c1-7(16)8-2-4-9(5-3-8)15-19(17,18)10-6-13-14-11(10)12/h2-6,15H,1H3,(H3,12,13,14). The first kappa shape index (κ1) is 13.1. The summed E-state index contributed by atoms with van der Waals surface area (Å²) < 4.78 is 26.3. The van der Waals surface area contributed by atoms with Gasteiger partial charge in [0.2, 0.25) is 0 Å². The highest BCUT2D eigenvalue weighted by Gasteiger charge is 2.19. The molecule has 4 N–H and O–H groups in total. The number of nitrogens with two attached hydrogens (primary N) is 1. The smallest absolute Gasteiger partial charge is 0.267 e. The summed E-state index contributed by atoms with van der Waals surface area (Å²) in [6.45, 7) is 1.44. The van der Waals surface area contributed by atoms with Crippen molar-refractivity contribution in [3.8, 4) is 0 Å². The minimum Gasteiger partial charge on any atom is -0.383 e. The number of carbonyl (C=O) groups is 1. The highest BCUT2D eigenvalue weighted by atomic mass is 32.2. The molecule has 2 rings (SSSR count). The lowest BCUT2D eigenvalue weighted by Gasteiger charge is -2.07. The number of aromatic nitrogens is 2. The molecule has 1 aromatic heterocycles. The summed E-state index contributed by atoms with van der Waals surface area (Å²) in [5.41, 5.74) is 6.31. The number of sulfonamides is 1. The van der Waals surface area contributed by atoms with Crippen LogP contribution < -0.4 is 10.5 Å². The quantitative estimate of drug-likeness (QED) is 0.722. The van der Waals surface area contributed by atoms with Crippen LogP contribution in [0.15, 0.2) is 35.4 Å². The second-order valence-electron chi connectivity index (χ2n) is 3.89. The number of rotatable bonds is 4. The van der Waals surface area contributed by atoms with E-state index in [1.54, 1.807) is 12.1 Å². The van der Waals surface area contributed by atoms with Gasteiger partial charge < -0.3 is 5.73 Å². The summed E-state index contributed by atoms with van der Waals surface area (Å²) in [7, 11) is -3.79. The average Bonchev–Trinajstić information content (AvgIpc) is 2.76. The fourth-order valence-electron chi connectivity index (χ4n) is 1.48. The Morgan fingerprint density at radius 3 is 2.42 bits per heavy atom. The van der Waals surface area contributed by atoms with Crippen LogP contribution in [0.2, 0.25) is 0 Å². The summed E-state index contributed by atoms with van der Waals surface area (Å²) >= 11 is 0. The van der Waals surface area contributed by atoms with Crippen molar-refractivity contribution in [2.45, 2.75) is 11.8 Å². The molecule has 0 saturated heterocycles. The number of Topliss-reactive ketones (excluding diaryl/α,β-unsaturated/α-hetero) is 1. The normalized spacial score (nSPS) is 11.2. The van der Waals surface area contributed by atoms with Gasteiger partial charge >= 0.3 is 0 Å². The fourth-order valence-corrected chi connectivity index (χ4v) is 2.57. The molecule has 19 heavy (non-hydrogen) atoms. The molecule has 0 aliphatic carbocycles. The molecule has 0 aliphatic heterocycles. The number of nitrogens with zero attached hydrogens (tertiary/aromatic N) is 1. The number of anilines is 2. The van der Waals surface area contributed by atoms with Gasteiger partial charge in [-0.1, -0.05) is 0 Å². The number of hydrogen-bond donors (Lipinski definition) is 3. The Morgan fingerprint density at radius 1 is 1.32 bits per heavy atom. The number of H-pyrrole nitrogens is 1. The van der Waals surface area contributed by atoms with Crippen molar-refractivity contribution in [3.05, 3.63) is 36.0 Å². The van der Waals surface area contributed by atoms with Gasteiger partial charge in [-0.2, -0.15) is 5.10 Å². The van der Waals surface area contributed by atoms with Crippen LogP contribution in [0.1, 0.15) is 17.3 Å². The maximum absolute atomic E-state index is 12.0. The van der Waals surface area contributed by atoms with E-state index in [0.29, 0.717) is 11.3 Å². The molecular formula is C11H12N4O3S. The summed E-state index contributed by atoms with van der Waals surface area (Å²) in [6, 6.07) is 6.09. The van der Waals surface area contributed by atoms with Gasteiger partial charge in [-0.15, -0.1) is 0 Å². The Bertz CT molecular complexity index is 704. The molecule has 0 atom stereocenters. The Hall–Kier alpha value is -2.35. The van der Waals surface area contributed by atoms with E-state index in [4.69, 9.17) is 5.73 Å². The molecule has 0 fully saturated rings. The van der Waals surface area contributed by atoms with Crippen LogP contribution >= 0.6 is 0 Å². The minimum absolute atomic E-state index is 0.0344. The Labute approximate surface area is 109 Å². The lowest BCUT2D eigenvalue weighted by Crippen LogP contribution is -2.13. The molecule has 2 aromatic rings. The van der Waals surface area contributed by atoms with E-state index >= 15 is 0 Å². The lowest BCUT2D eigenvalue weighted by molar-refractivity contribution is 0.101. The topological polar surface area (TPSA) is 118 Å². The molecule has 0 radical (unpaired) electrons. The summed E-state index contributed by atoms with van der Waals surface area (Å²) in [6.07, 6.45) is 1.13. The number of benzene rings is 1. The number of carbonyl (C=O) groups excluding carboxylic acids is 1. The van der Waals surface area contributed by atoms with E-state index in [1.807, 2.05) is 0 Å². The van der Waals surface area contributed by atoms with Gasteiger partial charge in [-0.05, 0) is 31.2 Å². The second-order valence-corrected chi connectivity index (χ2v) is 5.54. The minimum atomic E-state index is -3.79. The first-order valence-electron chi connectivity index (χ1n) is 5.33. The molecule has 1 heterocycles. The van der Waals surface area contributed by atoms with Crippen LogP contribution in [0.25, 0.3) is 0 Å². The third-order valence-corrected chi connectivity index (χ3v) is 3.87. The maximum Gasteiger partial charge on any atom is 0.267 e. The molecule has 0 aliphatic rings. The van der Waals surface area contributed by atoms with Crippen molar-refractivity contribution in [1.82, 2.24) is 10.2 Å². The van der Waals surface area contributed by atoms with Crippen LogP contribution in [0.3, 0.4) is 0 Å². The number of nitrogen functional groups attached to an aromatic ring is 1. The van der Waals surface area contributed by atoms with Crippen LogP contribution in [-0.4, -0.2) is 24.4 Å². The Balaban J connectivity index is 2.26. The first-order valence-corrected chi connectivity index (χ1v) is 6.81. The first-order chi connectivity index (χ1) is 8.90. The van der Waals surface area contributed by atoms with E-state index in [-0.39, 0.29) is 16.5 Å².